The van der Waals surface area contributed by atoms with Crippen LogP contribution in [-0.2, 0) is 16.1 Å². The highest BCUT2D eigenvalue weighted by molar-refractivity contribution is 5.85. The number of nitrogens with zero attached hydrogens (tertiary/aromatic N) is 1. The third kappa shape index (κ3) is 11.2. The van der Waals surface area contributed by atoms with Crippen molar-refractivity contribution < 1.29 is 9.59 Å². The van der Waals surface area contributed by atoms with E-state index in [2.05, 4.69) is 34.8 Å². The molecular formula is C18H31ClN6O2. The minimum absolute atomic E-state index is 0. The molecule has 0 bridgehead atoms. The molecule has 6 N–H and O–H groups in total. The van der Waals surface area contributed by atoms with Crippen LogP contribution >= 0.6 is 12.4 Å². The van der Waals surface area contributed by atoms with Crippen LogP contribution in [-0.4, -0.2) is 41.8 Å². The van der Waals surface area contributed by atoms with E-state index >= 15 is 0 Å². The third-order valence-corrected chi connectivity index (χ3v) is 3.80. The Morgan fingerprint density at radius 3 is 2.70 bits per heavy atom. The van der Waals surface area contributed by atoms with E-state index < -0.39 is 6.04 Å². The summed E-state index contributed by atoms with van der Waals surface area (Å²) in [5.74, 6) is 0.0501. The van der Waals surface area contributed by atoms with Gasteiger partial charge >= 0.3 is 0 Å². The van der Waals surface area contributed by atoms with Gasteiger partial charge in [-0.3, -0.25) is 15.2 Å². The number of halogens is 1. The lowest BCUT2D eigenvalue weighted by molar-refractivity contribution is -0.126. The molecule has 0 fully saturated rings. The van der Waals surface area contributed by atoms with Crippen LogP contribution in [0.15, 0.2) is 24.5 Å². The number of nitrogens with two attached hydrogens (primary N) is 1. The van der Waals surface area contributed by atoms with E-state index in [1.807, 2.05) is 12.1 Å². The molecule has 8 nitrogen and oxygen atoms in total. The number of aldehydes is 1. The number of guanidine groups is 1. The molecule has 0 aliphatic heterocycles. The van der Waals surface area contributed by atoms with Gasteiger partial charge in [0.15, 0.2) is 5.96 Å². The van der Waals surface area contributed by atoms with Gasteiger partial charge < -0.3 is 26.5 Å². The van der Waals surface area contributed by atoms with Crippen molar-refractivity contribution in [3.8, 4) is 0 Å². The number of pyridine rings is 1. The molecule has 1 rings (SSSR count). The van der Waals surface area contributed by atoms with Crippen LogP contribution in [0.25, 0.3) is 0 Å². The molecule has 0 aromatic carbocycles. The normalized spacial score (nSPS) is 12.6. The first kappa shape index (κ1) is 24.8. The molecule has 152 valence electrons. The number of hydrogen-bond acceptors (Lipinski definition) is 5. The van der Waals surface area contributed by atoms with Crippen LogP contribution in [0.1, 0.15) is 38.7 Å². The van der Waals surface area contributed by atoms with E-state index in [1.54, 1.807) is 12.4 Å². The molecule has 0 radical (unpaired) electrons. The molecule has 9 heteroatoms. The second-order valence-corrected chi connectivity index (χ2v) is 6.66. The van der Waals surface area contributed by atoms with Gasteiger partial charge in [0.1, 0.15) is 6.29 Å². The molecule has 0 aliphatic carbocycles. The Balaban J connectivity index is 0.00000676. The average Bonchev–Trinajstić information content (AvgIpc) is 2.61. The number of carbonyl (C=O) groups is 2. The summed E-state index contributed by atoms with van der Waals surface area (Å²) in [7, 11) is 0. The van der Waals surface area contributed by atoms with E-state index in [0.29, 0.717) is 38.3 Å². The fourth-order valence-electron chi connectivity index (χ4n) is 2.50. The third-order valence-electron chi connectivity index (χ3n) is 3.80. The van der Waals surface area contributed by atoms with Gasteiger partial charge in [-0.2, -0.15) is 0 Å². The predicted molar refractivity (Wildman–Crippen MR) is 109 cm³/mol. The quantitative estimate of drug-likeness (QED) is 0.154. The van der Waals surface area contributed by atoms with Gasteiger partial charge in [-0.25, -0.2) is 0 Å². The fourth-order valence-corrected chi connectivity index (χ4v) is 2.50. The minimum Gasteiger partial charge on any atom is -0.370 e. The average molecular weight is 399 g/mol. The smallest absolute Gasteiger partial charge is 0.237 e. The number of aromatic nitrogens is 1. The number of carbonyl (C=O) groups excluding carboxylic acids is 2. The van der Waals surface area contributed by atoms with Gasteiger partial charge in [0.05, 0.1) is 12.1 Å². The minimum atomic E-state index is -0.550. The zero-order valence-electron chi connectivity index (χ0n) is 15.9. The summed E-state index contributed by atoms with van der Waals surface area (Å²) >= 11 is 0. The first-order chi connectivity index (χ1) is 12.4. The highest BCUT2D eigenvalue weighted by Crippen LogP contribution is 2.07. The number of hydrogen-bond donors (Lipinski definition) is 5. The number of amides is 1. The Hall–Kier alpha value is -2.19. The van der Waals surface area contributed by atoms with Crippen molar-refractivity contribution in [1.82, 2.24) is 20.9 Å². The molecule has 1 heterocycles. The van der Waals surface area contributed by atoms with Crippen LogP contribution in [0.5, 0.6) is 0 Å². The Kier molecular flexibility index (Phi) is 12.8. The summed E-state index contributed by atoms with van der Waals surface area (Å²) in [4.78, 5) is 27.9. The summed E-state index contributed by atoms with van der Waals surface area (Å²) < 4.78 is 0. The molecule has 2 atom stereocenters. The highest BCUT2D eigenvalue weighted by atomic mass is 35.5. The monoisotopic (exact) mass is 398 g/mol. The van der Waals surface area contributed by atoms with E-state index in [9.17, 15) is 9.59 Å². The lowest BCUT2D eigenvalue weighted by atomic mass is 10.0. The van der Waals surface area contributed by atoms with Gasteiger partial charge in [-0.05, 0) is 36.8 Å². The Morgan fingerprint density at radius 1 is 1.41 bits per heavy atom. The molecule has 0 saturated heterocycles. The molecule has 1 aromatic rings. The van der Waals surface area contributed by atoms with Gasteiger partial charge in [-0.1, -0.05) is 19.9 Å². The molecule has 1 aromatic heterocycles. The van der Waals surface area contributed by atoms with E-state index in [0.717, 1.165) is 11.8 Å². The zero-order chi connectivity index (χ0) is 19.4. The lowest BCUT2D eigenvalue weighted by Crippen LogP contribution is -2.48. The van der Waals surface area contributed by atoms with Crippen LogP contribution in [0.2, 0.25) is 0 Å². The number of rotatable bonds is 12. The molecule has 1 amide bonds. The SMILES string of the molecule is CC(C)C[C@H](NCc1cccnc1)C(=O)N[C@H](C=O)CCCNC(=N)N.Cl. The maximum absolute atomic E-state index is 12.6. The van der Waals surface area contributed by atoms with Gasteiger partial charge in [0.2, 0.25) is 5.91 Å². The van der Waals surface area contributed by atoms with Crippen LogP contribution in [0, 0.1) is 11.3 Å². The Labute approximate surface area is 167 Å². The second-order valence-electron chi connectivity index (χ2n) is 6.66. The largest absolute Gasteiger partial charge is 0.370 e. The van der Waals surface area contributed by atoms with Crippen molar-refractivity contribution in [2.45, 2.75) is 51.7 Å². The van der Waals surface area contributed by atoms with Crippen molar-refractivity contribution in [1.29, 1.82) is 5.41 Å². The van der Waals surface area contributed by atoms with E-state index in [1.165, 1.54) is 0 Å². The summed E-state index contributed by atoms with van der Waals surface area (Å²) in [5, 5.41) is 15.8. The van der Waals surface area contributed by atoms with Crippen molar-refractivity contribution in [3.05, 3.63) is 30.1 Å². The second kappa shape index (κ2) is 13.9. The van der Waals surface area contributed by atoms with E-state index in [-0.39, 0.29) is 30.3 Å². The molecule has 27 heavy (non-hydrogen) atoms. The van der Waals surface area contributed by atoms with Crippen molar-refractivity contribution in [2.24, 2.45) is 11.7 Å². The highest BCUT2D eigenvalue weighted by Gasteiger charge is 2.22. The molecule has 0 aliphatic rings. The topological polar surface area (TPSA) is 133 Å². The van der Waals surface area contributed by atoms with Crippen LogP contribution in [0.3, 0.4) is 0 Å². The first-order valence-corrected chi connectivity index (χ1v) is 8.88. The molecule has 0 unspecified atom stereocenters. The van der Waals surface area contributed by atoms with Crippen molar-refractivity contribution >= 4 is 30.6 Å². The molecule has 0 spiro atoms. The number of nitrogens with one attached hydrogen (secondary N) is 4. The van der Waals surface area contributed by atoms with Crippen molar-refractivity contribution in [3.63, 3.8) is 0 Å². The van der Waals surface area contributed by atoms with Gasteiger partial charge in [0.25, 0.3) is 0 Å². The fraction of sp³-hybridized carbons (Fsp3) is 0.556. The van der Waals surface area contributed by atoms with Crippen LogP contribution in [0.4, 0.5) is 0 Å². The Bertz CT molecular complexity index is 570. The summed E-state index contributed by atoms with van der Waals surface area (Å²) in [6, 6.07) is 2.87. The van der Waals surface area contributed by atoms with Gasteiger partial charge in [0, 0.05) is 25.5 Å². The van der Waals surface area contributed by atoms with Crippen molar-refractivity contribution in [2.75, 3.05) is 6.54 Å². The Morgan fingerprint density at radius 2 is 2.15 bits per heavy atom. The zero-order valence-corrected chi connectivity index (χ0v) is 16.7. The maximum Gasteiger partial charge on any atom is 0.237 e. The summed E-state index contributed by atoms with van der Waals surface area (Å²) in [5.41, 5.74) is 6.21. The molecular weight excluding hydrogens is 368 g/mol. The summed E-state index contributed by atoms with van der Waals surface area (Å²) in [6.45, 7) is 5.13. The van der Waals surface area contributed by atoms with E-state index in [4.69, 9.17) is 11.1 Å². The lowest BCUT2D eigenvalue weighted by Gasteiger charge is -2.22. The summed E-state index contributed by atoms with van der Waals surface area (Å²) in [6.07, 6.45) is 6.00. The van der Waals surface area contributed by atoms with Gasteiger partial charge in [-0.15, -0.1) is 12.4 Å². The molecule has 0 saturated carbocycles. The first-order valence-electron chi connectivity index (χ1n) is 8.88. The predicted octanol–water partition coefficient (Wildman–Crippen LogP) is 0.955. The van der Waals surface area contributed by atoms with Crippen LogP contribution < -0.4 is 21.7 Å². The maximum atomic E-state index is 12.6. The standard InChI is InChI=1S/C18H30N6O2.ClH/c1-13(2)9-16(23-11-14-5-3-7-21-10-14)17(26)24-15(12-25)6-4-8-22-18(19)20;/h3,5,7,10,12-13,15-16,23H,4,6,8-9,11H2,1-2H3,(H,24,26)(H4,19,20,22);1H/t15-,16-;/m0./s1.